The topological polar surface area (TPSA) is 94.3 Å². The summed E-state index contributed by atoms with van der Waals surface area (Å²) in [4.78, 5) is 24.8. The highest BCUT2D eigenvalue weighted by Gasteiger charge is 2.14. The lowest BCUT2D eigenvalue weighted by Crippen LogP contribution is -2.18. The van der Waals surface area contributed by atoms with Crippen LogP contribution >= 0.6 is 23.1 Å². The van der Waals surface area contributed by atoms with Gasteiger partial charge >= 0.3 is 0 Å². The molecule has 0 radical (unpaired) electrons. The Morgan fingerprint density at radius 2 is 1.96 bits per heavy atom. The lowest BCUT2D eigenvalue weighted by molar-refractivity contribution is -0.119. The maximum Gasteiger partial charge on any atom is 0.277 e. The number of nitrogens with zero attached hydrogens (tertiary/aromatic N) is 2. The number of ketones is 1. The summed E-state index contributed by atoms with van der Waals surface area (Å²) in [6.07, 6.45) is 0. The van der Waals surface area contributed by atoms with Crippen molar-refractivity contribution in [2.75, 3.05) is 12.9 Å². The fourth-order valence-corrected chi connectivity index (χ4v) is 3.77. The minimum Gasteiger partial charge on any atom is -0.497 e. The van der Waals surface area contributed by atoms with Crippen LogP contribution in [0.5, 0.6) is 5.75 Å². The number of carbonyl (C=O) groups excluding carboxylic acids is 2. The molecule has 0 atom stereocenters. The second-order valence-electron chi connectivity index (χ2n) is 5.49. The van der Waals surface area contributed by atoms with Crippen LogP contribution in [-0.4, -0.2) is 34.8 Å². The highest BCUT2D eigenvalue weighted by molar-refractivity contribution is 7.99. The van der Waals surface area contributed by atoms with E-state index in [0.29, 0.717) is 22.5 Å². The fraction of sp³-hybridized carbons (Fsp3) is 0.222. The van der Waals surface area contributed by atoms with Crippen LogP contribution in [0.2, 0.25) is 0 Å². The summed E-state index contributed by atoms with van der Waals surface area (Å²) in [5.74, 6) is 1.21. The predicted molar refractivity (Wildman–Crippen MR) is 103 cm³/mol. The van der Waals surface area contributed by atoms with Crippen LogP contribution in [-0.2, 0) is 11.3 Å². The van der Waals surface area contributed by atoms with E-state index >= 15 is 0 Å². The molecule has 1 N–H and O–H groups in total. The van der Waals surface area contributed by atoms with Gasteiger partial charge in [0.05, 0.1) is 24.3 Å². The lowest BCUT2D eigenvalue weighted by atomic mass is 10.2. The number of thioether (sulfide) groups is 1. The highest BCUT2D eigenvalue weighted by atomic mass is 32.2. The third kappa shape index (κ3) is 5.18. The van der Waals surface area contributed by atoms with Crippen LogP contribution in [0.1, 0.15) is 21.5 Å². The van der Waals surface area contributed by atoms with Gasteiger partial charge in [0, 0.05) is 17.4 Å². The zero-order valence-electron chi connectivity index (χ0n) is 14.7. The van der Waals surface area contributed by atoms with Crippen molar-refractivity contribution in [3.8, 4) is 17.2 Å². The van der Waals surface area contributed by atoms with Gasteiger partial charge in [-0.1, -0.05) is 11.8 Å². The first kappa shape index (κ1) is 19.1. The Hall–Kier alpha value is -2.65. The minimum absolute atomic E-state index is 0.0247. The van der Waals surface area contributed by atoms with Gasteiger partial charge in [-0.2, -0.15) is 0 Å². The molecule has 7 nitrogen and oxygen atoms in total. The Bertz CT molecular complexity index is 934. The van der Waals surface area contributed by atoms with Gasteiger partial charge in [-0.05, 0) is 36.4 Å². The van der Waals surface area contributed by atoms with Crippen molar-refractivity contribution in [1.82, 2.24) is 15.5 Å². The van der Waals surface area contributed by atoms with Crippen molar-refractivity contribution < 1.29 is 18.7 Å². The van der Waals surface area contributed by atoms with Crippen LogP contribution in [0.25, 0.3) is 11.5 Å². The van der Waals surface area contributed by atoms with Gasteiger partial charge in [0.2, 0.25) is 11.8 Å². The van der Waals surface area contributed by atoms with Crippen LogP contribution in [0, 0.1) is 0 Å². The monoisotopic (exact) mass is 403 g/mol. The molecule has 1 aromatic carbocycles. The molecule has 0 unspecified atom stereocenters. The summed E-state index contributed by atoms with van der Waals surface area (Å²) in [5, 5.41) is 11.0. The molecule has 140 valence electrons. The third-order valence-electron chi connectivity index (χ3n) is 3.52. The largest absolute Gasteiger partial charge is 0.497 e. The number of methoxy groups -OCH3 is 1. The number of thiophene rings is 1. The first-order chi connectivity index (χ1) is 13.0. The second kappa shape index (κ2) is 8.83. The molecule has 0 aliphatic carbocycles. The van der Waals surface area contributed by atoms with Crippen molar-refractivity contribution in [3.63, 3.8) is 0 Å². The van der Waals surface area contributed by atoms with E-state index in [2.05, 4.69) is 15.5 Å². The van der Waals surface area contributed by atoms with Gasteiger partial charge in [0.1, 0.15) is 5.75 Å². The molecule has 3 aromatic rings. The molecule has 0 spiro atoms. The number of ether oxygens (including phenoxy) is 1. The fourth-order valence-electron chi connectivity index (χ4n) is 2.15. The van der Waals surface area contributed by atoms with Crippen molar-refractivity contribution in [2.24, 2.45) is 0 Å². The zero-order chi connectivity index (χ0) is 19.2. The molecular formula is C18H17N3O4S2. The molecule has 2 heterocycles. The van der Waals surface area contributed by atoms with E-state index < -0.39 is 0 Å². The number of nitrogens with one attached hydrogen (secondary N) is 1. The number of rotatable bonds is 8. The standard InChI is InChI=1S/C18H17N3O4S2/c1-11(22)19-9-14-7-8-16(27-14)15(23)10-26-18-21-20-17(25-18)12-3-5-13(24-2)6-4-12/h3-8H,9-10H2,1-2H3,(H,19,22). The Labute approximate surface area is 164 Å². The Morgan fingerprint density at radius 1 is 1.19 bits per heavy atom. The number of hydrogen-bond acceptors (Lipinski definition) is 8. The number of hydrogen-bond donors (Lipinski definition) is 1. The van der Waals surface area contributed by atoms with Crippen LogP contribution in [0.4, 0.5) is 0 Å². The van der Waals surface area contributed by atoms with Crippen LogP contribution in [0.15, 0.2) is 46.0 Å². The molecule has 1 amide bonds. The first-order valence-electron chi connectivity index (χ1n) is 8.02. The Morgan fingerprint density at radius 3 is 2.67 bits per heavy atom. The second-order valence-corrected chi connectivity index (χ2v) is 7.58. The molecule has 27 heavy (non-hydrogen) atoms. The average Bonchev–Trinajstić information content (AvgIpc) is 3.34. The number of benzene rings is 1. The summed E-state index contributed by atoms with van der Waals surface area (Å²) in [6, 6.07) is 10.9. The van der Waals surface area contributed by atoms with E-state index in [0.717, 1.165) is 16.2 Å². The minimum atomic E-state index is -0.101. The third-order valence-corrected chi connectivity index (χ3v) is 5.46. The summed E-state index contributed by atoms with van der Waals surface area (Å²) in [7, 11) is 1.60. The van der Waals surface area contributed by atoms with Gasteiger partial charge < -0.3 is 14.5 Å². The normalized spacial score (nSPS) is 10.6. The number of Topliss-reactive ketones (excluding diaryl/α,β-unsaturated/α-hetero) is 1. The van der Waals surface area contributed by atoms with Gasteiger partial charge in [0.25, 0.3) is 5.22 Å². The molecule has 0 aliphatic heterocycles. The molecule has 0 saturated carbocycles. The van der Waals surface area contributed by atoms with E-state index in [-0.39, 0.29) is 17.4 Å². The van der Waals surface area contributed by atoms with Crippen molar-refractivity contribution in [3.05, 3.63) is 46.2 Å². The predicted octanol–water partition coefficient (Wildman–Crippen LogP) is 3.42. The van der Waals surface area contributed by atoms with E-state index in [1.807, 2.05) is 30.3 Å². The average molecular weight is 403 g/mol. The van der Waals surface area contributed by atoms with Gasteiger partial charge in [-0.3, -0.25) is 9.59 Å². The maximum atomic E-state index is 12.3. The number of aromatic nitrogens is 2. The molecule has 9 heteroatoms. The molecule has 0 aliphatic rings. The summed E-state index contributed by atoms with van der Waals surface area (Å²) in [5.41, 5.74) is 0.780. The summed E-state index contributed by atoms with van der Waals surface area (Å²) in [6.45, 7) is 1.89. The van der Waals surface area contributed by atoms with E-state index in [4.69, 9.17) is 9.15 Å². The Balaban J connectivity index is 1.56. The Kier molecular flexibility index (Phi) is 6.25. The molecule has 2 aromatic heterocycles. The summed E-state index contributed by atoms with van der Waals surface area (Å²) >= 11 is 2.56. The van der Waals surface area contributed by atoms with Gasteiger partial charge in [-0.25, -0.2) is 0 Å². The number of carbonyl (C=O) groups is 2. The quantitative estimate of drug-likeness (QED) is 0.455. The van der Waals surface area contributed by atoms with E-state index in [1.165, 1.54) is 30.0 Å². The van der Waals surface area contributed by atoms with Crippen molar-refractivity contribution in [2.45, 2.75) is 18.7 Å². The van der Waals surface area contributed by atoms with Crippen LogP contribution in [0.3, 0.4) is 0 Å². The smallest absolute Gasteiger partial charge is 0.277 e. The molecule has 0 saturated heterocycles. The molecule has 3 rings (SSSR count). The number of amides is 1. The van der Waals surface area contributed by atoms with Gasteiger partial charge in [0.15, 0.2) is 5.78 Å². The van der Waals surface area contributed by atoms with Crippen molar-refractivity contribution in [1.29, 1.82) is 0 Å². The zero-order valence-corrected chi connectivity index (χ0v) is 16.4. The SMILES string of the molecule is COc1ccc(-c2nnc(SCC(=O)c3ccc(CNC(C)=O)s3)o2)cc1. The molecular weight excluding hydrogens is 386 g/mol. The lowest BCUT2D eigenvalue weighted by Gasteiger charge is -1.99. The molecule has 0 fully saturated rings. The van der Waals surface area contributed by atoms with E-state index in [1.54, 1.807) is 13.2 Å². The molecule has 0 bridgehead atoms. The highest BCUT2D eigenvalue weighted by Crippen LogP contribution is 2.26. The van der Waals surface area contributed by atoms with Crippen LogP contribution < -0.4 is 10.1 Å². The van der Waals surface area contributed by atoms with Gasteiger partial charge in [-0.15, -0.1) is 21.5 Å². The maximum absolute atomic E-state index is 12.3. The summed E-state index contributed by atoms with van der Waals surface area (Å²) < 4.78 is 10.7. The first-order valence-corrected chi connectivity index (χ1v) is 9.82. The van der Waals surface area contributed by atoms with Crippen molar-refractivity contribution >= 4 is 34.8 Å². The van der Waals surface area contributed by atoms with E-state index in [9.17, 15) is 9.59 Å².